The van der Waals surface area contributed by atoms with Gasteiger partial charge < -0.3 is 10.1 Å². The van der Waals surface area contributed by atoms with E-state index >= 15 is 0 Å². The molecule has 0 aliphatic carbocycles. The van der Waals surface area contributed by atoms with Crippen LogP contribution in [0.5, 0.6) is 5.75 Å². The van der Waals surface area contributed by atoms with Crippen LogP contribution >= 0.6 is 12.4 Å². The largest absolute Gasteiger partial charge is 0.496 e. The summed E-state index contributed by atoms with van der Waals surface area (Å²) in [4.78, 5) is 0. The first kappa shape index (κ1) is 14.8. The van der Waals surface area contributed by atoms with Crippen LogP contribution in [-0.2, 0) is 6.54 Å². The molecule has 0 aliphatic rings. The predicted molar refractivity (Wildman–Crippen MR) is 79.7 cm³/mol. The molecule has 0 spiro atoms. The molecule has 0 saturated heterocycles. The first-order valence-corrected chi connectivity index (χ1v) is 6.00. The Bertz CT molecular complexity index is 511. The van der Waals surface area contributed by atoms with Gasteiger partial charge in [0, 0.05) is 18.2 Å². The van der Waals surface area contributed by atoms with Gasteiger partial charge in [0.05, 0.1) is 7.11 Å². The number of rotatable bonds is 4. The molecule has 2 aromatic rings. The van der Waals surface area contributed by atoms with Crippen LogP contribution in [0, 0.1) is 0 Å². The van der Waals surface area contributed by atoms with Crippen LogP contribution in [-0.4, -0.2) is 13.2 Å². The van der Waals surface area contributed by atoms with Crippen molar-refractivity contribution < 1.29 is 4.74 Å². The Morgan fingerprint density at radius 1 is 1.11 bits per heavy atom. The number of nitrogens with one attached hydrogen (secondary N) is 1. The van der Waals surface area contributed by atoms with Gasteiger partial charge in [0.25, 0.3) is 0 Å². The molecule has 0 fully saturated rings. The Labute approximate surface area is 115 Å². The molecule has 2 aromatic carbocycles. The summed E-state index contributed by atoms with van der Waals surface area (Å²) in [6.07, 6.45) is 0. The molecule has 0 radical (unpaired) electrons. The van der Waals surface area contributed by atoms with Gasteiger partial charge in [0.1, 0.15) is 5.75 Å². The fourth-order valence-corrected chi connectivity index (χ4v) is 2.00. The number of benzene rings is 2. The first-order chi connectivity index (χ1) is 8.22. The van der Waals surface area contributed by atoms with Crippen molar-refractivity contribution in [2.24, 2.45) is 0 Å². The zero-order valence-corrected chi connectivity index (χ0v) is 11.9. The number of hydrogen-bond donors (Lipinski definition) is 1. The van der Waals surface area contributed by atoms with Crippen molar-refractivity contribution in [3.05, 3.63) is 42.0 Å². The Kier molecular flexibility index (Phi) is 5.45. The summed E-state index contributed by atoms with van der Waals surface area (Å²) >= 11 is 0. The molecule has 0 atom stereocenters. The molecule has 3 heteroatoms. The van der Waals surface area contributed by atoms with E-state index in [1.165, 1.54) is 16.3 Å². The number of hydrogen-bond acceptors (Lipinski definition) is 2. The fourth-order valence-electron chi connectivity index (χ4n) is 2.00. The molecule has 2 rings (SSSR count). The second-order valence-corrected chi connectivity index (χ2v) is 4.50. The average Bonchev–Trinajstić information content (AvgIpc) is 2.35. The quantitative estimate of drug-likeness (QED) is 0.909. The summed E-state index contributed by atoms with van der Waals surface area (Å²) in [5, 5.41) is 5.97. The predicted octanol–water partition coefficient (Wildman–Crippen LogP) is 3.77. The van der Waals surface area contributed by atoms with Crippen LogP contribution in [0.2, 0.25) is 0 Å². The van der Waals surface area contributed by atoms with Crippen molar-refractivity contribution in [1.82, 2.24) is 5.32 Å². The maximum absolute atomic E-state index is 5.45. The molecule has 0 unspecified atom stereocenters. The normalized spacial score (nSPS) is 10.4. The smallest absolute Gasteiger partial charge is 0.123 e. The molecule has 98 valence electrons. The van der Waals surface area contributed by atoms with Crippen molar-refractivity contribution in [2.75, 3.05) is 7.11 Å². The van der Waals surface area contributed by atoms with Crippen molar-refractivity contribution in [1.29, 1.82) is 0 Å². The highest BCUT2D eigenvalue weighted by Gasteiger charge is 2.08. The minimum Gasteiger partial charge on any atom is -0.496 e. The van der Waals surface area contributed by atoms with Crippen molar-refractivity contribution in [3.63, 3.8) is 0 Å². The second kappa shape index (κ2) is 6.62. The zero-order chi connectivity index (χ0) is 12.3. The minimum atomic E-state index is 0. The summed E-state index contributed by atoms with van der Waals surface area (Å²) < 4.78 is 5.45. The zero-order valence-electron chi connectivity index (χ0n) is 11.1. The molecule has 0 bridgehead atoms. The van der Waals surface area contributed by atoms with Gasteiger partial charge in [-0.25, -0.2) is 0 Å². The van der Waals surface area contributed by atoms with E-state index in [0.29, 0.717) is 6.04 Å². The topological polar surface area (TPSA) is 21.3 Å². The Morgan fingerprint density at radius 3 is 2.50 bits per heavy atom. The summed E-state index contributed by atoms with van der Waals surface area (Å²) in [7, 11) is 1.73. The van der Waals surface area contributed by atoms with Crippen LogP contribution in [0.4, 0.5) is 0 Å². The minimum absolute atomic E-state index is 0. The number of fused-ring (bicyclic) bond motifs is 1. The summed E-state index contributed by atoms with van der Waals surface area (Å²) in [6.45, 7) is 5.14. The average molecular weight is 266 g/mol. The maximum atomic E-state index is 5.45. The summed E-state index contributed by atoms with van der Waals surface area (Å²) in [6, 6.07) is 13.0. The lowest BCUT2D eigenvalue weighted by atomic mass is 10.0. The highest BCUT2D eigenvalue weighted by atomic mass is 35.5. The molecule has 18 heavy (non-hydrogen) atoms. The van der Waals surface area contributed by atoms with E-state index in [4.69, 9.17) is 4.74 Å². The fraction of sp³-hybridized carbons (Fsp3) is 0.333. The van der Waals surface area contributed by atoms with E-state index in [1.54, 1.807) is 7.11 Å². The highest BCUT2D eigenvalue weighted by Crippen LogP contribution is 2.27. The number of halogens is 1. The lowest BCUT2D eigenvalue weighted by Crippen LogP contribution is -2.22. The monoisotopic (exact) mass is 265 g/mol. The maximum Gasteiger partial charge on any atom is 0.123 e. The Balaban J connectivity index is 0.00000162. The van der Waals surface area contributed by atoms with Crippen molar-refractivity contribution in [3.8, 4) is 5.75 Å². The number of methoxy groups -OCH3 is 1. The van der Waals surface area contributed by atoms with Crippen LogP contribution in [0.3, 0.4) is 0 Å². The van der Waals surface area contributed by atoms with Gasteiger partial charge in [0.15, 0.2) is 0 Å². The molecule has 2 nitrogen and oxygen atoms in total. The van der Waals surface area contributed by atoms with Gasteiger partial charge in [-0.3, -0.25) is 0 Å². The second-order valence-electron chi connectivity index (χ2n) is 4.50. The molecule has 0 heterocycles. The molecule has 0 amide bonds. The van der Waals surface area contributed by atoms with Crippen LogP contribution in [0.15, 0.2) is 36.4 Å². The third-order valence-electron chi connectivity index (χ3n) is 2.90. The standard InChI is InChI=1S/C15H19NO.ClH/c1-11(2)16-10-14-13-7-5-4-6-12(13)8-9-15(14)17-3;/h4-9,11,16H,10H2,1-3H3;1H. The van der Waals surface area contributed by atoms with Gasteiger partial charge in [-0.2, -0.15) is 0 Å². The molecular formula is C15H20ClNO. The molecule has 1 N–H and O–H groups in total. The van der Waals surface area contributed by atoms with Crippen LogP contribution < -0.4 is 10.1 Å². The van der Waals surface area contributed by atoms with E-state index in [1.807, 2.05) is 6.07 Å². The highest BCUT2D eigenvalue weighted by molar-refractivity contribution is 5.87. The van der Waals surface area contributed by atoms with E-state index in [0.717, 1.165) is 12.3 Å². The summed E-state index contributed by atoms with van der Waals surface area (Å²) in [5.41, 5.74) is 1.24. The molecule has 0 aromatic heterocycles. The SMILES string of the molecule is COc1ccc2ccccc2c1CNC(C)C.Cl. The summed E-state index contributed by atoms with van der Waals surface area (Å²) in [5.74, 6) is 0.955. The van der Waals surface area contributed by atoms with E-state index in [2.05, 4.69) is 49.5 Å². The van der Waals surface area contributed by atoms with Crippen molar-refractivity contribution in [2.45, 2.75) is 26.4 Å². The van der Waals surface area contributed by atoms with Gasteiger partial charge in [-0.1, -0.05) is 44.2 Å². The molecular weight excluding hydrogens is 246 g/mol. The first-order valence-electron chi connectivity index (χ1n) is 6.00. The third-order valence-corrected chi connectivity index (χ3v) is 2.90. The molecule has 0 aliphatic heterocycles. The van der Waals surface area contributed by atoms with Gasteiger partial charge >= 0.3 is 0 Å². The van der Waals surface area contributed by atoms with E-state index < -0.39 is 0 Å². The Morgan fingerprint density at radius 2 is 1.83 bits per heavy atom. The van der Waals surface area contributed by atoms with E-state index in [9.17, 15) is 0 Å². The lowest BCUT2D eigenvalue weighted by Gasteiger charge is -2.14. The van der Waals surface area contributed by atoms with E-state index in [-0.39, 0.29) is 12.4 Å². The van der Waals surface area contributed by atoms with Crippen LogP contribution in [0.25, 0.3) is 10.8 Å². The lowest BCUT2D eigenvalue weighted by molar-refractivity contribution is 0.407. The van der Waals surface area contributed by atoms with Gasteiger partial charge in [-0.05, 0) is 16.8 Å². The molecule has 0 saturated carbocycles. The number of ether oxygens (including phenoxy) is 1. The van der Waals surface area contributed by atoms with Crippen molar-refractivity contribution >= 4 is 23.2 Å². The van der Waals surface area contributed by atoms with Gasteiger partial charge in [0.2, 0.25) is 0 Å². The van der Waals surface area contributed by atoms with Crippen LogP contribution in [0.1, 0.15) is 19.4 Å². The third kappa shape index (κ3) is 3.15. The van der Waals surface area contributed by atoms with Gasteiger partial charge in [-0.15, -0.1) is 12.4 Å². The Hall–Kier alpha value is -1.25.